The maximum absolute atomic E-state index is 6.52. The number of nitrogens with zero attached hydrogens (tertiary/aromatic N) is 4. The lowest BCUT2D eigenvalue weighted by Crippen LogP contribution is -2.28. The van der Waals surface area contributed by atoms with Crippen molar-refractivity contribution in [3.05, 3.63) is 180 Å². The van der Waals surface area contributed by atoms with Crippen molar-refractivity contribution in [1.29, 1.82) is 0 Å². The standard InChI is InChI=1S/C40H26N4O/c1-3-12-27(13-4-1)40(28-14-5-2-6-15-28)33-21-20-29(24-31(33)39-34(40)17-11-23-42-39)45-38-25-36-32(26-43-38)30-16-7-8-18-35(30)44(36)37-19-9-10-22-41-37/h1-26H. The summed E-state index contributed by atoms with van der Waals surface area (Å²) in [4.78, 5) is 14.3. The molecule has 45 heavy (non-hydrogen) atoms. The molecule has 0 spiro atoms. The minimum atomic E-state index is -0.499. The number of rotatable bonds is 5. The molecule has 0 N–H and O–H groups in total. The molecule has 5 nitrogen and oxygen atoms in total. The highest BCUT2D eigenvalue weighted by Crippen LogP contribution is 2.56. The quantitative estimate of drug-likeness (QED) is 0.204. The van der Waals surface area contributed by atoms with E-state index in [2.05, 4.69) is 107 Å². The minimum absolute atomic E-state index is 0.499. The highest BCUT2D eigenvalue weighted by Gasteiger charge is 2.46. The summed E-state index contributed by atoms with van der Waals surface area (Å²) in [7, 11) is 0. The van der Waals surface area contributed by atoms with Gasteiger partial charge in [-0.2, -0.15) is 0 Å². The van der Waals surface area contributed by atoms with Crippen molar-refractivity contribution in [2.75, 3.05) is 0 Å². The van der Waals surface area contributed by atoms with Crippen molar-refractivity contribution in [3.63, 3.8) is 0 Å². The summed E-state index contributed by atoms with van der Waals surface area (Å²) in [5.41, 5.74) is 8.32. The van der Waals surface area contributed by atoms with Gasteiger partial charge in [-0.05, 0) is 58.7 Å². The fourth-order valence-electron chi connectivity index (χ4n) is 7.10. The topological polar surface area (TPSA) is 52.8 Å². The van der Waals surface area contributed by atoms with Crippen molar-refractivity contribution in [2.45, 2.75) is 5.41 Å². The predicted molar refractivity (Wildman–Crippen MR) is 178 cm³/mol. The Kier molecular flexibility index (Phi) is 5.65. The van der Waals surface area contributed by atoms with E-state index in [9.17, 15) is 0 Å². The molecule has 1 aliphatic rings. The molecule has 8 aromatic rings. The Morgan fingerprint density at radius 3 is 2.04 bits per heavy atom. The van der Waals surface area contributed by atoms with E-state index in [4.69, 9.17) is 14.7 Å². The Morgan fingerprint density at radius 2 is 1.27 bits per heavy atom. The molecule has 0 saturated carbocycles. The molecule has 0 saturated heterocycles. The molecule has 9 rings (SSSR count). The Bertz CT molecular complexity index is 2310. The largest absolute Gasteiger partial charge is 0.439 e. The number of ether oxygens (including phenoxy) is 1. The Labute approximate surface area is 260 Å². The maximum atomic E-state index is 6.52. The van der Waals surface area contributed by atoms with E-state index in [1.807, 2.05) is 61.1 Å². The van der Waals surface area contributed by atoms with E-state index in [1.54, 1.807) is 0 Å². The summed E-state index contributed by atoms with van der Waals surface area (Å²) >= 11 is 0. The molecule has 212 valence electrons. The molecule has 0 unspecified atom stereocenters. The van der Waals surface area contributed by atoms with Crippen LogP contribution < -0.4 is 4.74 Å². The molecular formula is C40H26N4O. The van der Waals surface area contributed by atoms with Crippen LogP contribution in [-0.4, -0.2) is 19.5 Å². The zero-order valence-electron chi connectivity index (χ0n) is 24.2. The average molecular weight is 579 g/mol. The van der Waals surface area contributed by atoms with Crippen LogP contribution in [0, 0.1) is 0 Å². The van der Waals surface area contributed by atoms with E-state index < -0.39 is 5.41 Å². The van der Waals surface area contributed by atoms with Gasteiger partial charge in [0.15, 0.2) is 0 Å². The van der Waals surface area contributed by atoms with Crippen LogP contribution in [0.2, 0.25) is 0 Å². The number of aromatic nitrogens is 4. The first kappa shape index (κ1) is 25.4. The van der Waals surface area contributed by atoms with Gasteiger partial charge in [0.2, 0.25) is 5.88 Å². The first-order valence-electron chi connectivity index (χ1n) is 15.0. The molecule has 1 aliphatic carbocycles. The predicted octanol–water partition coefficient (Wildman–Crippen LogP) is 9.12. The molecule has 0 fully saturated rings. The van der Waals surface area contributed by atoms with Crippen LogP contribution in [0.1, 0.15) is 22.3 Å². The van der Waals surface area contributed by atoms with E-state index >= 15 is 0 Å². The lowest BCUT2D eigenvalue weighted by Gasteiger charge is -2.33. The molecule has 4 aromatic heterocycles. The molecule has 0 amide bonds. The van der Waals surface area contributed by atoms with Crippen LogP contribution in [0.15, 0.2) is 158 Å². The number of benzene rings is 4. The third-order valence-corrected chi connectivity index (χ3v) is 8.91. The van der Waals surface area contributed by atoms with Crippen molar-refractivity contribution in [1.82, 2.24) is 19.5 Å². The Balaban J connectivity index is 1.20. The van der Waals surface area contributed by atoms with E-state index in [0.717, 1.165) is 44.4 Å². The number of hydrogen-bond donors (Lipinski definition) is 0. The third kappa shape index (κ3) is 3.77. The van der Waals surface area contributed by atoms with Gasteiger partial charge < -0.3 is 4.74 Å². The Morgan fingerprint density at radius 1 is 0.533 bits per heavy atom. The molecule has 4 heterocycles. The van der Waals surface area contributed by atoms with Gasteiger partial charge in [0.25, 0.3) is 0 Å². The number of para-hydroxylation sites is 1. The lowest BCUT2D eigenvalue weighted by molar-refractivity contribution is 0.464. The van der Waals surface area contributed by atoms with Crippen molar-refractivity contribution in [3.8, 4) is 28.7 Å². The molecule has 0 radical (unpaired) electrons. The first-order valence-corrected chi connectivity index (χ1v) is 15.0. The molecule has 0 atom stereocenters. The maximum Gasteiger partial charge on any atom is 0.221 e. The fraction of sp³-hybridized carbons (Fsp3) is 0.0250. The van der Waals surface area contributed by atoms with Gasteiger partial charge in [0.1, 0.15) is 11.6 Å². The molecule has 0 bridgehead atoms. The van der Waals surface area contributed by atoms with E-state index in [0.29, 0.717) is 11.6 Å². The van der Waals surface area contributed by atoms with Gasteiger partial charge in [-0.25, -0.2) is 9.97 Å². The normalized spacial score (nSPS) is 13.1. The van der Waals surface area contributed by atoms with Crippen molar-refractivity contribution in [2.24, 2.45) is 0 Å². The van der Waals surface area contributed by atoms with E-state index in [-0.39, 0.29) is 0 Å². The summed E-state index contributed by atoms with van der Waals surface area (Å²) in [6.07, 6.45) is 5.58. The van der Waals surface area contributed by atoms with Gasteiger partial charge in [0, 0.05) is 41.0 Å². The van der Waals surface area contributed by atoms with Crippen LogP contribution in [0.25, 0.3) is 38.9 Å². The summed E-state index contributed by atoms with van der Waals surface area (Å²) in [6, 6.07) is 48.3. The van der Waals surface area contributed by atoms with Gasteiger partial charge in [-0.15, -0.1) is 0 Å². The van der Waals surface area contributed by atoms with Gasteiger partial charge in [0.05, 0.1) is 22.1 Å². The van der Waals surface area contributed by atoms with Crippen molar-refractivity contribution < 1.29 is 4.74 Å². The number of pyridine rings is 3. The second-order valence-electron chi connectivity index (χ2n) is 11.3. The molecule has 4 aromatic carbocycles. The third-order valence-electron chi connectivity index (χ3n) is 8.91. The molecule has 0 aliphatic heterocycles. The first-order chi connectivity index (χ1) is 22.3. The van der Waals surface area contributed by atoms with Crippen LogP contribution in [-0.2, 0) is 5.41 Å². The second kappa shape index (κ2) is 10.00. The highest BCUT2D eigenvalue weighted by molar-refractivity contribution is 6.09. The molecule has 5 heteroatoms. The molecular weight excluding hydrogens is 552 g/mol. The Hall–Kier alpha value is -6.07. The zero-order valence-corrected chi connectivity index (χ0v) is 24.2. The average Bonchev–Trinajstić information content (AvgIpc) is 3.60. The second-order valence-corrected chi connectivity index (χ2v) is 11.3. The van der Waals surface area contributed by atoms with Crippen LogP contribution in [0.5, 0.6) is 11.6 Å². The van der Waals surface area contributed by atoms with Gasteiger partial charge in [-0.3, -0.25) is 9.55 Å². The summed E-state index contributed by atoms with van der Waals surface area (Å²) < 4.78 is 8.68. The summed E-state index contributed by atoms with van der Waals surface area (Å²) in [6.45, 7) is 0. The smallest absolute Gasteiger partial charge is 0.221 e. The summed E-state index contributed by atoms with van der Waals surface area (Å²) in [5, 5.41) is 2.17. The minimum Gasteiger partial charge on any atom is -0.439 e. The SMILES string of the molecule is c1ccc(C2(c3ccccc3)c3ccc(Oc4cc5c(cn4)c4ccccc4n5-c4ccccn4)cc3-c3ncccc32)cc1. The van der Waals surface area contributed by atoms with Crippen molar-refractivity contribution >= 4 is 21.8 Å². The summed E-state index contributed by atoms with van der Waals surface area (Å²) in [5.74, 6) is 2.06. The van der Waals surface area contributed by atoms with E-state index in [1.165, 1.54) is 16.7 Å². The van der Waals surface area contributed by atoms with Gasteiger partial charge >= 0.3 is 0 Å². The monoisotopic (exact) mass is 578 g/mol. The fourth-order valence-corrected chi connectivity index (χ4v) is 7.10. The number of hydrogen-bond acceptors (Lipinski definition) is 4. The van der Waals surface area contributed by atoms with Gasteiger partial charge in [-0.1, -0.05) is 97.1 Å². The van der Waals surface area contributed by atoms with Crippen LogP contribution >= 0.6 is 0 Å². The number of fused-ring (bicyclic) bond motifs is 6. The zero-order chi connectivity index (χ0) is 29.8. The van der Waals surface area contributed by atoms with Crippen LogP contribution in [0.4, 0.5) is 0 Å². The van der Waals surface area contributed by atoms with Crippen LogP contribution in [0.3, 0.4) is 0 Å². The highest BCUT2D eigenvalue weighted by atomic mass is 16.5. The lowest BCUT2D eigenvalue weighted by atomic mass is 9.68.